The molecule has 2 aromatic carbocycles. The highest BCUT2D eigenvalue weighted by molar-refractivity contribution is 5.55. The number of aryl methyl sites for hydroxylation is 1. The second kappa shape index (κ2) is 6.74. The summed E-state index contributed by atoms with van der Waals surface area (Å²) in [4.78, 5) is 10.5. The Balaban J connectivity index is 2.22. The van der Waals surface area contributed by atoms with E-state index in [0.29, 0.717) is 0 Å². The molecule has 0 saturated heterocycles. The molecule has 0 aliphatic rings. The number of rotatable bonds is 6. The normalized spacial score (nSPS) is 10.2. The lowest BCUT2D eigenvalue weighted by Gasteiger charge is -2.13. The summed E-state index contributed by atoms with van der Waals surface area (Å²) in [6.07, 6.45) is 0.879. The molecule has 0 radical (unpaired) electrons. The average Bonchev–Trinajstić information content (AvgIpc) is 2.52. The first-order chi connectivity index (χ1) is 10.2. The fourth-order valence-corrected chi connectivity index (χ4v) is 2.15. The lowest BCUT2D eigenvalue weighted by molar-refractivity contribution is -0.384. The second-order valence-corrected chi connectivity index (χ2v) is 4.60. The topological polar surface area (TPSA) is 64.4 Å². The summed E-state index contributed by atoms with van der Waals surface area (Å²) in [6, 6.07) is 12.5. The number of hydrogen-bond acceptors (Lipinski definition) is 4. The molecule has 0 spiro atoms. The van der Waals surface area contributed by atoms with E-state index >= 15 is 0 Å². The van der Waals surface area contributed by atoms with Crippen LogP contribution in [0.5, 0.6) is 5.75 Å². The van der Waals surface area contributed by atoms with Crippen LogP contribution in [0.25, 0.3) is 0 Å². The Bertz CT molecular complexity index is 641. The second-order valence-electron chi connectivity index (χ2n) is 4.60. The Hall–Kier alpha value is -2.56. The molecule has 0 aromatic heterocycles. The molecule has 0 aliphatic carbocycles. The van der Waals surface area contributed by atoms with Gasteiger partial charge < -0.3 is 10.1 Å². The van der Waals surface area contributed by atoms with Gasteiger partial charge in [-0.2, -0.15) is 0 Å². The number of hydrogen-bond donors (Lipinski definition) is 1. The number of para-hydroxylation sites is 1. The van der Waals surface area contributed by atoms with Crippen molar-refractivity contribution in [2.24, 2.45) is 0 Å². The van der Waals surface area contributed by atoms with Crippen LogP contribution in [0.15, 0.2) is 42.5 Å². The molecule has 21 heavy (non-hydrogen) atoms. The Morgan fingerprint density at radius 3 is 2.62 bits per heavy atom. The third-order valence-electron chi connectivity index (χ3n) is 3.31. The van der Waals surface area contributed by atoms with Crippen molar-refractivity contribution in [3.05, 3.63) is 63.7 Å². The molecule has 0 aliphatic heterocycles. The van der Waals surface area contributed by atoms with Crippen LogP contribution in [0.3, 0.4) is 0 Å². The van der Waals surface area contributed by atoms with E-state index in [-0.39, 0.29) is 12.3 Å². The van der Waals surface area contributed by atoms with Crippen LogP contribution in [0.1, 0.15) is 18.1 Å². The first kappa shape index (κ1) is 14.8. The minimum Gasteiger partial charge on any atom is -0.489 e. The standard InChI is InChI=1S/C16H18N2O3/c1-3-12-6-4-5-7-16(12)21-11-13-10-14(18(19)20)8-9-15(13)17-2/h4-10,17H,3,11H2,1-2H3. The van der Waals surface area contributed by atoms with Gasteiger partial charge >= 0.3 is 0 Å². The number of nitrogens with zero attached hydrogens (tertiary/aromatic N) is 1. The maximum Gasteiger partial charge on any atom is 0.269 e. The van der Waals surface area contributed by atoms with Gasteiger partial charge in [-0.25, -0.2) is 0 Å². The van der Waals surface area contributed by atoms with Crippen molar-refractivity contribution in [3.8, 4) is 5.75 Å². The van der Waals surface area contributed by atoms with E-state index in [4.69, 9.17) is 4.74 Å². The van der Waals surface area contributed by atoms with Gasteiger partial charge in [-0.15, -0.1) is 0 Å². The van der Waals surface area contributed by atoms with Crippen molar-refractivity contribution in [2.75, 3.05) is 12.4 Å². The Morgan fingerprint density at radius 2 is 1.95 bits per heavy atom. The number of nitro groups is 1. The van der Waals surface area contributed by atoms with Crippen LogP contribution in [0.2, 0.25) is 0 Å². The zero-order chi connectivity index (χ0) is 15.2. The van der Waals surface area contributed by atoms with Crippen LogP contribution < -0.4 is 10.1 Å². The quantitative estimate of drug-likeness (QED) is 0.648. The predicted octanol–water partition coefficient (Wildman–Crippen LogP) is 3.78. The summed E-state index contributed by atoms with van der Waals surface area (Å²) in [5, 5.41) is 13.9. The van der Waals surface area contributed by atoms with Gasteiger partial charge in [0, 0.05) is 30.4 Å². The van der Waals surface area contributed by atoms with E-state index < -0.39 is 4.92 Å². The van der Waals surface area contributed by atoms with Crippen molar-refractivity contribution in [1.82, 2.24) is 0 Å². The van der Waals surface area contributed by atoms with Gasteiger partial charge in [0.25, 0.3) is 5.69 Å². The number of nitrogens with one attached hydrogen (secondary N) is 1. The fourth-order valence-electron chi connectivity index (χ4n) is 2.15. The van der Waals surface area contributed by atoms with E-state index in [1.807, 2.05) is 24.3 Å². The molecule has 2 rings (SSSR count). The number of anilines is 1. The molecule has 0 heterocycles. The maximum absolute atomic E-state index is 10.9. The molecule has 1 N–H and O–H groups in total. The summed E-state index contributed by atoms with van der Waals surface area (Å²) in [5.74, 6) is 0.813. The first-order valence-corrected chi connectivity index (χ1v) is 6.81. The fraction of sp³-hybridized carbons (Fsp3) is 0.250. The van der Waals surface area contributed by atoms with E-state index in [9.17, 15) is 10.1 Å². The summed E-state index contributed by atoms with van der Waals surface area (Å²) in [6.45, 7) is 2.35. The van der Waals surface area contributed by atoms with Crippen LogP contribution >= 0.6 is 0 Å². The van der Waals surface area contributed by atoms with Crippen LogP contribution in [0, 0.1) is 10.1 Å². The molecule has 0 fully saturated rings. The molecule has 5 nitrogen and oxygen atoms in total. The summed E-state index contributed by atoms with van der Waals surface area (Å²) in [7, 11) is 1.78. The van der Waals surface area contributed by atoms with Crippen molar-refractivity contribution in [2.45, 2.75) is 20.0 Å². The zero-order valence-corrected chi connectivity index (χ0v) is 12.1. The van der Waals surface area contributed by atoms with Gasteiger partial charge in [-0.1, -0.05) is 25.1 Å². The molecule has 0 amide bonds. The Morgan fingerprint density at radius 1 is 1.19 bits per heavy atom. The van der Waals surface area contributed by atoms with E-state index in [1.54, 1.807) is 19.2 Å². The van der Waals surface area contributed by atoms with Gasteiger partial charge in [0.05, 0.1) is 4.92 Å². The molecule has 0 saturated carbocycles. The van der Waals surface area contributed by atoms with Gasteiger partial charge in [0.1, 0.15) is 12.4 Å². The van der Waals surface area contributed by atoms with Crippen molar-refractivity contribution < 1.29 is 9.66 Å². The van der Waals surface area contributed by atoms with E-state index in [0.717, 1.165) is 29.0 Å². The molecule has 2 aromatic rings. The highest BCUT2D eigenvalue weighted by atomic mass is 16.6. The highest BCUT2D eigenvalue weighted by Crippen LogP contribution is 2.25. The van der Waals surface area contributed by atoms with Gasteiger partial charge in [0.2, 0.25) is 0 Å². The molecule has 0 unspecified atom stereocenters. The van der Waals surface area contributed by atoms with Gasteiger partial charge in [0.15, 0.2) is 0 Å². The number of ether oxygens (including phenoxy) is 1. The molecule has 0 atom stereocenters. The SMILES string of the molecule is CCc1ccccc1OCc1cc([N+](=O)[O-])ccc1NC. The predicted molar refractivity (Wildman–Crippen MR) is 82.8 cm³/mol. The summed E-state index contributed by atoms with van der Waals surface area (Å²) >= 11 is 0. The van der Waals surface area contributed by atoms with Crippen LogP contribution in [-0.4, -0.2) is 12.0 Å². The molecule has 110 valence electrons. The summed E-state index contributed by atoms with van der Waals surface area (Å²) in [5.41, 5.74) is 2.78. The van der Waals surface area contributed by atoms with Crippen molar-refractivity contribution in [3.63, 3.8) is 0 Å². The third-order valence-corrected chi connectivity index (χ3v) is 3.31. The van der Waals surface area contributed by atoms with E-state index in [1.165, 1.54) is 6.07 Å². The Labute approximate surface area is 123 Å². The molecular formula is C16H18N2O3. The lowest BCUT2D eigenvalue weighted by Crippen LogP contribution is -2.03. The smallest absolute Gasteiger partial charge is 0.269 e. The molecular weight excluding hydrogens is 268 g/mol. The molecule has 0 bridgehead atoms. The minimum absolute atomic E-state index is 0.0661. The average molecular weight is 286 g/mol. The van der Waals surface area contributed by atoms with Crippen molar-refractivity contribution >= 4 is 11.4 Å². The third kappa shape index (κ3) is 3.51. The van der Waals surface area contributed by atoms with Crippen LogP contribution in [0.4, 0.5) is 11.4 Å². The number of benzene rings is 2. The van der Waals surface area contributed by atoms with Crippen LogP contribution in [-0.2, 0) is 13.0 Å². The van der Waals surface area contributed by atoms with E-state index in [2.05, 4.69) is 12.2 Å². The number of non-ortho nitro benzene ring substituents is 1. The monoisotopic (exact) mass is 286 g/mol. The maximum atomic E-state index is 10.9. The van der Waals surface area contributed by atoms with Crippen molar-refractivity contribution in [1.29, 1.82) is 0 Å². The lowest BCUT2D eigenvalue weighted by atomic mass is 10.1. The Kier molecular flexibility index (Phi) is 4.77. The largest absolute Gasteiger partial charge is 0.489 e. The summed E-state index contributed by atoms with van der Waals surface area (Å²) < 4.78 is 5.83. The molecule has 5 heteroatoms. The minimum atomic E-state index is -0.400. The number of nitro benzene ring substituents is 1. The zero-order valence-electron chi connectivity index (χ0n) is 12.1. The van der Waals surface area contributed by atoms with Gasteiger partial charge in [-0.3, -0.25) is 10.1 Å². The first-order valence-electron chi connectivity index (χ1n) is 6.81. The van der Waals surface area contributed by atoms with Gasteiger partial charge in [-0.05, 0) is 24.1 Å². The highest BCUT2D eigenvalue weighted by Gasteiger charge is 2.11.